The molecule has 0 unspecified atom stereocenters. The zero-order chi connectivity index (χ0) is 11.7. The molecule has 0 radical (unpaired) electrons. The van der Waals surface area contributed by atoms with Crippen molar-refractivity contribution in [3.05, 3.63) is 30.5 Å². The fourth-order valence-corrected chi connectivity index (χ4v) is 2.88. The third kappa shape index (κ3) is 2.57. The summed E-state index contributed by atoms with van der Waals surface area (Å²) in [6.07, 6.45) is 2.13. The number of ether oxygens (including phenoxy) is 1. The van der Waals surface area contributed by atoms with Gasteiger partial charge in [-0.25, -0.2) is 4.98 Å². The summed E-state index contributed by atoms with van der Waals surface area (Å²) < 4.78 is 7.65. The number of imidazole rings is 1. The summed E-state index contributed by atoms with van der Waals surface area (Å²) in [5, 5.41) is 1.13. The first kappa shape index (κ1) is 13.5. The normalized spacial score (nSPS) is 12.9. The Hall–Kier alpha value is -0.940. The van der Waals surface area contributed by atoms with Gasteiger partial charge in [-0.15, -0.1) is 0 Å². The first-order valence-electron chi connectivity index (χ1n) is 5.80. The van der Waals surface area contributed by atoms with Gasteiger partial charge in [-0.3, -0.25) is 0 Å². The van der Waals surface area contributed by atoms with Gasteiger partial charge in [-0.1, -0.05) is 11.8 Å². The molecule has 96 valence electrons. The van der Waals surface area contributed by atoms with E-state index in [9.17, 15) is 0 Å². The molecule has 0 saturated carbocycles. The predicted molar refractivity (Wildman–Crippen MR) is 69.6 cm³/mol. The van der Waals surface area contributed by atoms with Crippen LogP contribution in [0.25, 0.3) is 11.3 Å². The average molecular weight is 326 g/mol. The highest BCUT2D eigenvalue weighted by Crippen LogP contribution is 2.29. The van der Waals surface area contributed by atoms with Crippen molar-refractivity contribution in [2.75, 3.05) is 12.4 Å². The lowest BCUT2D eigenvalue weighted by Gasteiger charge is -2.03. The SMILES string of the molecule is CCOc1ccc(-c2cn3c(n2)SCC3)cc1.[Br-]. The molecule has 1 aliphatic heterocycles. The molecule has 18 heavy (non-hydrogen) atoms. The minimum absolute atomic E-state index is 0. The minimum Gasteiger partial charge on any atom is -1.00 e. The van der Waals surface area contributed by atoms with Gasteiger partial charge in [0, 0.05) is 24.1 Å². The first-order chi connectivity index (χ1) is 8.36. The quantitative estimate of drug-likeness (QED) is 0.798. The zero-order valence-electron chi connectivity index (χ0n) is 10.1. The lowest BCUT2D eigenvalue weighted by atomic mass is 10.2. The van der Waals surface area contributed by atoms with Crippen molar-refractivity contribution >= 4 is 11.8 Å². The Bertz CT molecular complexity index is 503. The van der Waals surface area contributed by atoms with Gasteiger partial charge in [-0.05, 0) is 31.2 Å². The highest BCUT2D eigenvalue weighted by Gasteiger charge is 2.14. The van der Waals surface area contributed by atoms with E-state index in [0.717, 1.165) is 34.5 Å². The molecule has 0 fully saturated rings. The zero-order valence-corrected chi connectivity index (χ0v) is 12.5. The fraction of sp³-hybridized carbons (Fsp3) is 0.308. The van der Waals surface area contributed by atoms with Crippen LogP contribution in [-0.4, -0.2) is 21.9 Å². The molecule has 0 saturated heterocycles. The van der Waals surface area contributed by atoms with Gasteiger partial charge in [0.15, 0.2) is 5.16 Å². The number of nitrogens with zero attached hydrogens (tertiary/aromatic N) is 2. The molecule has 0 amide bonds. The third-order valence-electron chi connectivity index (χ3n) is 2.76. The molecule has 1 aromatic heterocycles. The number of hydrogen-bond donors (Lipinski definition) is 0. The second-order valence-corrected chi connectivity index (χ2v) is 4.97. The highest BCUT2D eigenvalue weighted by molar-refractivity contribution is 7.99. The largest absolute Gasteiger partial charge is 1.00 e. The van der Waals surface area contributed by atoms with Crippen LogP contribution in [0.4, 0.5) is 0 Å². The maximum absolute atomic E-state index is 5.43. The van der Waals surface area contributed by atoms with E-state index in [2.05, 4.69) is 27.9 Å². The van der Waals surface area contributed by atoms with Crippen LogP contribution < -0.4 is 21.7 Å². The number of thioether (sulfide) groups is 1. The van der Waals surface area contributed by atoms with Gasteiger partial charge < -0.3 is 26.3 Å². The van der Waals surface area contributed by atoms with Crippen molar-refractivity contribution in [2.24, 2.45) is 0 Å². The molecule has 3 nitrogen and oxygen atoms in total. The van der Waals surface area contributed by atoms with Gasteiger partial charge in [0.2, 0.25) is 0 Å². The smallest absolute Gasteiger partial charge is 0.168 e. The lowest BCUT2D eigenvalue weighted by Crippen LogP contribution is -3.00. The third-order valence-corrected chi connectivity index (χ3v) is 3.74. The van der Waals surface area contributed by atoms with Gasteiger partial charge in [-0.2, -0.15) is 0 Å². The molecular weight excluding hydrogens is 312 g/mol. The van der Waals surface area contributed by atoms with Crippen LogP contribution >= 0.6 is 11.8 Å². The summed E-state index contributed by atoms with van der Waals surface area (Å²) in [7, 11) is 0. The van der Waals surface area contributed by atoms with E-state index in [-0.39, 0.29) is 17.0 Å². The Morgan fingerprint density at radius 2 is 2.11 bits per heavy atom. The maximum atomic E-state index is 5.43. The second-order valence-electron chi connectivity index (χ2n) is 3.91. The Morgan fingerprint density at radius 3 is 2.78 bits per heavy atom. The van der Waals surface area contributed by atoms with Gasteiger partial charge in [0.05, 0.1) is 12.3 Å². The molecular formula is C13H14BrN2OS-. The molecule has 0 atom stereocenters. The Balaban J connectivity index is 0.00000120. The van der Waals surface area contributed by atoms with Gasteiger partial charge in [0.25, 0.3) is 0 Å². The molecule has 5 heteroatoms. The lowest BCUT2D eigenvalue weighted by molar-refractivity contribution is -0.00000400. The molecule has 1 aromatic carbocycles. The summed E-state index contributed by atoms with van der Waals surface area (Å²) in [5.74, 6) is 2.06. The van der Waals surface area contributed by atoms with Gasteiger partial charge in [0.1, 0.15) is 5.75 Å². The van der Waals surface area contributed by atoms with Crippen LogP contribution in [0.3, 0.4) is 0 Å². The molecule has 0 N–H and O–H groups in total. The summed E-state index contributed by atoms with van der Waals surface area (Å²) in [6.45, 7) is 3.77. The van der Waals surface area contributed by atoms with Crippen molar-refractivity contribution in [3.63, 3.8) is 0 Å². The Labute approximate surface area is 121 Å². The van der Waals surface area contributed by atoms with Crippen molar-refractivity contribution in [2.45, 2.75) is 18.6 Å². The second kappa shape index (κ2) is 5.80. The van der Waals surface area contributed by atoms with Crippen LogP contribution in [0.2, 0.25) is 0 Å². The van der Waals surface area contributed by atoms with Crippen molar-refractivity contribution in [1.29, 1.82) is 0 Å². The predicted octanol–water partition coefficient (Wildman–Crippen LogP) is 0.0585. The molecule has 0 spiro atoms. The van der Waals surface area contributed by atoms with E-state index in [1.54, 1.807) is 0 Å². The van der Waals surface area contributed by atoms with Crippen LogP contribution in [-0.2, 0) is 6.54 Å². The number of fused-ring (bicyclic) bond motifs is 1. The van der Waals surface area contributed by atoms with Crippen molar-refractivity contribution in [1.82, 2.24) is 9.55 Å². The number of rotatable bonds is 3. The Kier molecular flexibility index (Phi) is 4.35. The Morgan fingerprint density at radius 1 is 1.33 bits per heavy atom. The molecule has 2 heterocycles. The van der Waals surface area contributed by atoms with Crippen LogP contribution in [0.1, 0.15) is 6.92 Å². The molecule has 0 bridgehead atoms. The number of halogens is 1. The first-order valence-corrected chi connectivity index (χ1v) is 6.78. The summed E-state index contributed by atoms with van der Waals surface area (Å²) >= 11 is 1.82. The standard InChI is InChI=1S/C13H14N2OS.BrH/c1-2-16-11-5-3-10(4-6-11)12-9-15-7-8-17-13(15)14-12;/h3-6,9H,2,7-8H2,1H3;1H/p-1. The van der Waals surface area contributed by atoms with E-state index in [1.807, 2.05) is 30.8 Å². The molecule has 1 aliphatic rings. The number of hydrogen-bond acceptors (Lipinski definition) is 3. The van der Waals surface area contributed by atoms with E-state index >= 15 is 0 Å². The molecule has 0 aliphatic carbocycles. The van der Waals surface area contributed by atoms with Crippen LogP contribution in [0.5, 0.6) is 5.75 Å². The highest BCUT2D eigenvalue weighted by atomic mass is 79.9. The summed E-state index contributed by atoms with van der Waals surface area (Å²) in [4.78, 5) is 4.62. The van der Waals surface area contributed by atoms with E-state index in [4.69, 9.17) is 4.74 Å². The molecule has 3 rings (SSSR count). The molecule has 2 aromatic rings. The van der Waals surface area contributed by atoms with E-state index in [1.165, 1.54) is 0 Å². The maximum Gasteiger partial charge on any atom is 0.168 e. The van der Waals surface area contributed by atoms with Crippen LogP contribution in [0, 0.1) is 0 Å². The summed E-state index contributed by atoms with van der Waals surface area (Å²) in [6, 6.07) is 8.12. The van der Waals surface area contributed by atoms with E-state index < -0.39 is 0 Å². The summed E-state index contributed by atoms with van der Waals surface area (Å²) in [5.41, 5.74) is 2.20. The van der Waals surface area contributed by atoms with Gasteiger partial charge >= 0.3 is 0 Å². The number of aromatic nitrogens is 2. The van der Waals surface area contributed by atoms with E-state index in [0.29, 0.717) is 6.61 Å². The topological polar surface area (TPSA) is 27.1 Å². The fourth-order valence-electron chi connectivity index (χ4n) is 1.94. The van der Waals surface area contributed by atoms with Crippen LogP contribution in [0.15, 0.2) is 35.6 Å². The van der Waals surface area contributed by atoms with Crippen molar-refractivity contribution in [3.8, 4) is 17.0 Å². The number of benzene rings is 1. The van der Waals surface area contributed by atoms with Crippen molar-refractivity contribution < 1.29 is 21.7 Å². The number of aryl methyl sites for hydroxylation is 1. The average Bonchev–Trinajstić information content (AvgIpc) is 2.90. The minimum atomic E-state index is 0. The monoisotopic (exact) mass is 325 g/mol.